The maximum atomic E-state index is 9.00. The fourth-order valence-electron chi connectivity index (χ4n) is 1.61. The Morgan fingerprint density at radius 1 is 1.38 bits per heavy atom. The molecule has 1 fully saturated rings. The molecule has 78 valence electrons. The topological polar surface area (TPSA) is 63.3 Å². The Kier molecular flexibility index (Phi) is 5.71. The molecule has 3 heteroatoms. The van der Waals surface area contributed by atoms with Crippen molar-refractivity contribution in [3.8, 4) is 0 Å². The molecule has 1 aliphatic rings. The second kappa shape index (κ2) is 5.97. The molecular weight excluding hydrogens is 166 g/mol. The molecule has 0 amide bonds. The summed E-state index contributed by atoms with van der Waals surface area (Å²) >= 11 is 0. The summed E-state index contributed by atoms with van der Waals surface area (Å²) in [6.07, 6.45) is 7.77. The van der Waals surface area contributed by atoms with Crippen LogP contribution >= 0.6 is 0 Å². The van der Waals surface area contributed by atoms with Gasteiger partial charge in [0.2, 0.25) is 0 Å². The molecule has 0 atom stereocenters. The van der Waals surface area contributed by atoms with Gasteiger partial charge in [0.25, 0.3) is 5.97 Å². The largest absolute Gasteiger partial charge is 0.481 e. The predicted molar refractivity (Wildman–Crippen MR) is 53.6 cm³/mol. The monoisotopic (exact) mass is 187 g/mol. The van der Waals surface area contributed by atoms with Crippen molar-refractivity contribution in [2.45, 2.75) is 57.9 Å². The van der Waals surface area contributed by atoms with Crippen LogP contribution in [0.25, 0.3) is 0 Å². The molecule has 0 aromatic rings. The number of hydrogen-bond acceptors (Lipinski definition) is 2. The van der Waals surface area contributed by atoms with Gasteiger partial charge in [0, 0.05) is 12.5 Å². The fraction of sp³-hybridized carbons (Fsp3) is 0.900. The first-order valence-electron chi connectivity index (χ1n) is 4.98. The summed E-state index contributed by atoms with van der Waals surface area (Å²) in [5.74, 6) is -0.833. The molecule has 1 aliphatic carbocycles. The van der Waals surface area contributed by atoms with Crippen LogP contribution in [-0.2, 0) is 4.79 Å². The van der Waals surface area contributed by atoms with Crippen molar-refractivity contribution in [1.82, 2.24) is 0 Å². The van der Waals surface area contributed by atoms with E-state index >= 15 is 0 Å². The van der Waals surface area contributed by atoms with E-state index in [9.17, 15) is 0 Å². The Bertz CT molecular complexity index is 147. The van der Waals surface area contributed by atoms with E-state index in [2.05, 4.69) is 6.92 Å². The van der Waals surface area contributed by atoms with Gasteiger partial charge in [0.1, 0.15) is 0 Å². The van der Waals surface area contributed by atoms with E-state index in [1.54, 1.807) is 0 Å². The van der Waals surface area contributed by atoms with Gasteiger partial charge in [-0.2, -0.15) is 0 Å². The Morgan fingerprint density at radius 3 is 2.00 bits per heavy atom. The molecular formula is C10H21NO2. The fourth-order valence-corrected chi connectivity index (χ4v) is 1.61. The summed E-state index contributed by atoms with van der Waals surface area (Å²) in [5.41, 5.74) is 6.28. The number of hydrogen-bond donors (Lipinski definition) is 2. The van der Waals surface area contributed by atoms with Gasteiger partial charge in [-0.15, -0.1) is 0 Å². The molecule has 0 bridgehead atoms. The zero-order valence-electron chi connectivity index (χ0n) is 8.68. The van der Waals surface area contributed by atoms with Crippen molar-refractivity contribution < 1.29 is 9.90 Å². The third-order valence-corrected chi connectivity index (χ3v) is 2.55. The van der Waals surface area contributed by atoms with Crippen molar-refractivity contribution in [3.05, 3.63) is 0 Å². The zero-order chi connectivity index (χ0) is 10.3. The first kappa shape index (κ1) is 12.4. The van der Waals surface area contributed by atoms with Crippen LogP contribution in [0.3, 0.4) is 0 Å². The molecule has 0 heterocycles. The first-order valence-corrected chi connectivity index (χ1v) is 4.98. The molecule has 0 spiro atoms. The van der Waals surface area contributed by atoms with Gasteiger partial charge in [-0.1, -0.05) is 26.2 Å². The van der Waals surface area contributed by atoms with Crippen LogP contribution < -0.4 is 5.73 Å². The molecule has 0 saturated heterocycles. The molecule has 0 aromatic heterocycles. The Labute approximate surface area is 80.3 Å². The summed E-state index contributed by atoms with van der Waals surface area (Å²) in [6, 6.07) is 0. The molecule has 1 rings (SSSR count). The van der Waals surface area contributed by atoms with Gasteiger partial charge in [-0.05, 0) is 19.3 Å². The van der Waals surface area contributed by atoms with E-state index in [4.69, 9.17) is 15.6 Å². The lowest BCUT2D eigenvalue weighted by Crippen LogP contribution is -2.40. The van der Waals surface area contributed by atoms with Crippen LogP contribution in [-0.4, -0.2) is 16.6 Å². The van der Waals surface area contributed by atoms with Gasteiger partial charge < -0.3 is 10.8 Å². The van der Waals surface area contributed by atoms with Crippen molar-refractivity contribution in [1.29, 1.82) is 0 Å². The smallest absolute Gasteiger partial charge is 0.300 e. The average Bonchev–Trinajstić information content (AvgIpc) is 2.05. The van der Waals surface area contributed by atoms with Crippen molar-refractivity contribution in [3.63, 3.8) is 0 Å². The number of aliphatic carboxylic acids is 1. The van der Waals surface area contributed by atoms with Gasteiger partial charge in [0.15, 0.2) is 0 Å². The second-order valence-electron chi connectivity index (χ2n) is 3.80. The molecule has 3 N–H and O–H groups in total. The van der Waals surface area contributed by atoms with E-state index < -0.39 is 5.97 Å². The number of carboxylic acid groups (broad SMARTS) is 1. The minimum atomic E-state index is -0.833. The van der Waals surface area contributed by atoms with Crippen LogP contribution in [0.15, 0.2) is 0 Å². The highest BCUT2D eigenvalue weighted by atomic mass is 16.4. The highest BCUT2D eigenvalue weighted by Gasteiger charge is 2.24. The summed E-state index contributed by atoms with van der Waals surface area (Å²) < 4.78 is 0. The summed E-state index contributed by atoms with van der Waals surface area (Å²) in [7, 11) is 0. The molecule has 0 aromatic carbocycles. The highest BCUT2D eigenvalue weighted by Crippen LogP contribution is 2.27. The Morgan fingerprint density at radius 2 is 1.77 bits per heavy atom. The van der Waals surface area contributed by atoms with E-state index in [-0.39, 0.29) is 5.54 Å². The van der Waals surface area contributed by atoms with Crippen molar-refractivity contribution in [2.24, 2.45) is 5.73 Å². The lowest BCUT2D eigenvalue weighted by molar-refractivity contribution is -0.134. The van der Waals surface area contributed by atoms with Crippen LogP contribution in [0.2, 0.25) is 0 Å². The zero-order valence-corrected chi connectivity index (χ0v) is 8.68. The van der Waals surface area contributed by atoms with E-state index in [0.717, 1.165) is 13.3 Å². The quantitative estimate of drug-likeness (QED) is 0.661. The maximum absolute atomic E-state index is 9.00. The molecule has 0 aliphatic heterocycles. The normalized spacial score (nSPS) is 19.9. The summed E-state index contributed by atoms with van der Waals surface area (Å²) in [6.45, 7) is 3.28. The maximum Gasteiger partial charge on any atom is 0.300 e. The van der Waals surface area contributed by atoms with Crippen LogP contribution in [0.1, 0.15) is 52.4 Å². The van der Waals surface area contributed by atoms with Crippen LogP contribution in [0.5, 0.6) is 0 Å². The molecule has 0 unspecified atom stereocenters. The van der Waals surface area contributed by atoms with Crippen molar-refractivity contribution in [2.75, 3.05) is 0 Å². The highest BCUT2D eigenvalue weighted by molar-refractivity contribution is 5.62. The third-order valence-electron chi connectivity index (χ3n) is 2.55. The molecule has 0 radical (unpaired) electrons. The second-order valence-corrected chi connectivity index (χ2v) is 3.80. The van der Waals surface area contributed by atoms with Gasteiger partial charge in [-0.25, -0.2) is 0 Å². The summed E-state index contributed by atoms with van der Waals surface area (Å²) in [5, 5.41) is 7.42. The molecule has 1 saturated carbocycles. The van der Waals surface area contributed by atoms with Gasteiger partial charge >= 0.3 is 0 Å². The standard InChI is InChI=1S/C8H17N.C2H4O2/c1-2-8(9)6-4-3-5-7-8;1-2(3)4/h2-7,9H2,1H3;1H3,(H,3,4). The predicted octanol–water partition coefficient (Wildman–Crippen LogP) is 2.15. The third kappa shape index (κ3) is 6.58. The average molecular weight is 187 g/mol. The SMILES string of the molecule is CC(=O)O.CCC1(N)CCCCC1. The minimum Gasteiger partial charge on any atom is -0.481 e. The van der Waals surface area contributed by atoms with Crippen LogP contribution in [0.4, 0.5) is 0 Å². The lowest BCUT2D eigenvalue weighted by Gasteiger charge is -2.32. The Hall–Kier alpha value is -0.570. The van der Waals surface area contributed by atoms with E-state index in [1.807, 2.05) is 0 Å². The molecule has 3 nitrogen and oxygen atoms in total. The van der Waals surface area contributed by atoms with Crippen LogP contribution in [0, 0.1) is 0 Å². The van der Waals surface area contributed by atoms with Crippen molar-refractivity contribution >= 4 is 5.97 Å². The van der Waals surface area contributed by atoms with Gasteiger partial charge in [-0.3, -0.25) is 4.79 Å². The number of rotatable bonds is 1. The molecule has 13 heavy (non-hydrogen) atoms. The first-order chi connectivity index (χ1) is 6.00. The number of carboxylic acids is 1. The number of carbonyl (C=O) groups is 1. The lowest BCUT2D eigenvalue weighted by atomic mass is 9.81. The summed E-state index contributed by atoms with van der Waals surface area (Å²) in [4.78, 5) is 9.00. The minimum absolute atomic E-state index is 0.220. The van der Waals surface area contributed by atoms with E-state index in [1.165, 1.54) is 32.1 Å². The van der Waals surface area contributed by atoms with E-state index in [0.29, 0.717) is 0 Å². The Balaban J connectivity index is 0.000000310. The number of nitrogens with two attached hydrogens (primary N) is 1. The van der Waals surface area contributed by atoms with Gasteiger partial charge in [0.05, 0.1) is 0 Å².